The van der Waals surface area contributed by atoms with Gasteiger partial charge in [-0.3, -0.25) is 19.4 Å². The maximum atomic E-state index is 12.2. The van der Waals surface area contributed by atoms with Crippen molar-refractivity contribution in [3.8, 4) is 11.5 Å². The highest BCUT2D eigenvalue weighted by Gasteiger charge is 2.27. The summed E-state index contributed by atoms with van der Waals surface area (Å²) in [5, 5.41) is 47.0. The number of hydrogen-bond acceptors (Lipinski definition) is 11. The molecule has 0 saturated carbocycles. The summed E-state index contributed by atoms with van der Waals surface area (Å²) in [5.41, 5.74) is 10.9. The van der Waals surface area contributed by atoms with Crippen molar-refractivity contribution in [2.75, 3.05) is 6.61 Å². The molecule has 0 bridgehead atoms. The fraction of sp³-hybridized carbons (Fsp3) is 0.455. The predicted octanol–water partition coefficient (Wildman–Crippen LogP) is -3.06. The number of aromatic nitrogens is 4. The van der Waals surface area contributed by atoms with E-state index in [4.69, 9.17) is 21.7 Å². The number of hydrogen-bond donors (Lipinski definition) is 8. The van der Waals surface area contributed by atoms with E-state index < -0.39 is 54.1 Å². The Balaban J connectivity index is 0.000000410. The zero-order valence-corrected chi connectivity index (χ0v) is 20.2. The molecule has 0 unspecified atom stereocenters. The van der Waals surface area contributed by atoms with Crippen LogP contribution in [-0.2, 0) is 16.1 Å². The lowest BCUT2D eigenvalue weighted by Crippen LogP contribution is -2.42. The van der Waals surface area contributed by atoms with Crippen molar-refractivity contribution in [2.45, 2.75) is 57.6 Å². The number of nitrogens with two attached hydrogens (primary N) is 2. The van der Waals surface area contributed by atoms with Crippen molar-refractivity contribution < 1.29 is 35.1 Å². The molecule has 202 valence electrons. The van der Waals surface area contributed by atoms with Crippen molar-refractivity contribution in [1.29, 1.82) is 0 Å². The summed E-state index contributed by atoms with van der Waals surface area (Å²) >= 11 is 0. The number of amides is 1. The largest absolute Gasteiger partial charge is 0.480 e. The Bertz CT molecular complexity index is 1350. The maximum Gasteiger partial charge on any atom is 0.349 e. The molecule has 0 saturated heterocycles. The minimum atomic E-state index is -1.64. The molecule has 0 fully saturated rings. The minimum absolute atomic E-state index is 0.0213. The van der Waals surface area contributed by atoms with Gasteiger partial charge in [0.05, 0.1) is 24.2 Å². The fourth-order valence-electron chi connectivity index (χ4n) is 3.32. The molecule has 2 aliphatic rings. The molecule has 37 heavy (non-hydrogen) atoms. The number of H-pyrrole nitrogens is 1. The van der Waals surface area contributed by atoms with Crippen LogP contribution >= 0.6 is 0 Å². The fourth-order valence-corrected chi connectivity index (χ4v) is 3.32. The molecule has 0 radical (unpaired) electrons. The molecule has 15 heteroatoms. The number of carbonyl (C=O) groups is 2. The number of nitrogens with one attached hydrogen (secondary N) is 1. The normalized spacial score (nSPS) is 14.5. The number of carbonyl (C=O) groups excluding carboxylic acids is 1. The third kappa shape index (κ3) is 7.37. The maximum absolute atomic E-state index is 12.2. The molecule has 1 aromatic carbocycles. The van der Waals surface area contributed by atoms with Crippen molar-refractivity contribution in [1.82, 2.24) is 19.5 Å². The molecule has 2 aliphatic heterocycles. The van der Waals surface area contributed by atoms with Crippen LogP contribution in [0.5, 0.6) is 0 Å². The van der Waals surface area contributed by atoms with Crippen LogP contribution in [0.2, 0.25) is 0 Å². The number of fused-ring (bicyclic) bond motifs is 2. The highest BCUT2D eigenvalue weighted by molar-refractivity contribution is 5.81. The average molecular weight is 523 g/mol. The zero-order chi connectivity index (χ0) is 28.0. The lowest BCUT2D eigenvalue weighted by atomic mass is 10.1. The lowest BCUT2D eigenvalue weighted by molar-refractivity contribution is -0.138. The van der Waals surface area contributed by atoms with Gasteiger partial charge in [-0.15, -0.1) is 0 Å². The Morgan fingerprint density at radius 1 is 1.08 bits per heavy atom. The first-order valence-corrected chi connectivity index (χ1v) is 11.1. The van der Waals surface area contributed by atoms with Crippen molar-refractivity contribution in [2.24, 2.45) is 11.5 Å². The van der Waals surface area contributed by atoms with Crippen molar-refractivity contribution in [3.05, 3.63) is 44.1 Å². The lowest BCUT2D eigenvalue weighted by Gasteiger charge is -2.25. The van der Waals surface area contributed by atoms with Crippen molar-refractivity contribution >= 4 is 22.9 Å². The molecule has 2 heterocycles. The van der Waals surface area contributed by atoms with E-state index in [9.17, 15) is 34.5 Å². The summed E-state index contributed by atoms with van der Waals surface area (Å²) in [5.74, 6) is -1.69. The van der Waals surface area contributed by atoms with Gasteiger partial charge in [0.25, 0.3) is 5.56 Å². The van der Waals surface area contributed by atoms with Gasteiger partial charge < -0.3 is 41.6 Å². The number of nitrogens with zero attached hydrogens (tertiary/aromatic N) is 3. The Kier molecular flexibility index (Phi) is 9.93. The number of aromatic amines is 1. The minimum Gasteiger partial charge on any atom is -0.480 e. The van der Waals surface area contributed by atoms with E-state index in [1.165, 1.54) is 4.57 Å². The van der Waals surface area contributed by atoms with Gasteiger partial charge in [0.15, 0.2) is 11.5 Å². The molecule has 10 N–H and O–H groups in total. The highest BCUT2D eigenvalue weighted by Crippen LogP contribution is 2.24. The van der Waals surface area contributed by atoms with Gasteiger partial charge in [0, 0.05) is 6.42 Å². The second-order valence-corrected chi connectivity index (χ2v) is 8.45. The number of aryl methyl sites for hydroxylation is 2. The Hall–Kier alpha value is -3.76. The van der Waals surface area contributed by atoms with Crippen LogP contribution in [0.1, 0.15) is 24.0 Å². The van der Waals surface area contributed by atoms with E-state index in [0.717, 1.165) is 11.1 Å². The van der Waals surface area contributed by atoms with Gasteiger partial charge >= 0.3 is 11.7 Å². The topological polar surface area (TPSA) is 268 Å². The molecule has 1 amide bonds. The number of aliphatic hydroxyl groups excluding tert-OH is 4. The quantitative estimate of drug-likeness (QED) is 0.130. The van der Waals surface area contributed by atoms with Gasteiger partial charge in [0.1, 0.15) is 24.4 Å². The van der Waals surface area contributed by atoms with Crippen molar-refractivity contribution in [3.63, 3.8) is 0 Å². The zero-order valence-electron chi connectivity index (χ0n) is 20.2. The van der Waals surface area contributed by atoms with E-state index >= 15 is 0 Å². The monoisotopic (exact) mass is 522 g/mol. The first-order chi connectivity index (χ1) is 17.3. The number of primary amides is 1. The molecule has 3 rings (SSSR count). The Labute approximate surface area is 209 Å². The molecule has 1 aromatic rings. The summed E-state index contributed by atoms with van der Waals surface area (Å²) < 4.78 is 1.40. The highest BCUT2D eigenvalue weighted by atomic mass is 16.4. The van der Waals surface area contributed by atoms with Crippen LogP contribution in [0.25, 0.3) is 22.6 Å². The van der Waals surface area contributed by atoms with Gasteiger partial charge in [0.2, 0.25) is 5.91 Å². The molecule has 0 spiro atoms. The Morgan fingerprint density at radius 3 is 2.27 bits per heavy atom. The van der Waals surface area contributed by atoms with Gasteiger partial charge in [-0.25, -0.2) is 9.78 Å². The third-order valence-corrected chi connectivity index (χ3v) is 5.59. The second kappa shape index (κ2) is 12.5. The summed E-state index contributed by atoms with van der Waals surface area (Å²) in [6.07, 6.45) is -4.56. The number of aliphatic hydroxyl groups is 4. The first kappa shape index (κ1) is 29.5. The number of aliphatic carboxylic acids is 1. The second-order valence-electron chi connectivity index (χ2n) is 8.45. The van der Waals surface area contributed by atoms with Crippen LogP contribution in [-0.4, -0.2) is 87.9 Å². The molecule has 15 nitrogen and oxygen atoms in total. The summed E-state index contributed by atoms with van der Waals surface area (Å²) in [4.78, 5) is 54.1. The van der Waals surface area contributed by atoms with E-state index in [1.807, 2.05) is 13.8 Å². The molecular formula is C22H30N6O9. The van der Waals surface area contributed by atoms with Crippen LogP contribution < -0.4 is 22.7 Å². The predicted molar refractivity (Wildman–Crippen MR) is 130 cm³/mol. The van der Waals surface area contributed by atoms with E-state index in [-0.39, 0.29) is 30.9 Å². The SMILES string of the molecule is Cc1cc2nc3c(=O)[nH]c(=O)nc-3n(C[C@H](O)[C@H](O)[C@H](O)CO)c2cc1C.NC(=O)CC[C@H](N)C(=O)O. The van der Waals surface area contributed by atoms with Crippen LogP contribution in [0.15, 0.2) is 21.7 Å². The molecule has 4 atom stereocenters. The summed E-state index contributed by atoms with van der Waals surface area (Å²) in [7, 11) is 0. The number of carboxylic acids is 1. The number of benzene rings is 1. The number of carboxylic acid groups (broad SMARTS) is 1. The van der Waals surface area contributed by atoms with Gasteiger partial charge in [-0.1, -0.05) is 0 Å². The van der Waals surface area contributed by atoms with Gasteiger partial charge in [-0.05, 0) is 43.5 Å². The summed E-state index contributed by atoms with van der Waals surface area (Å²) in [6.45, 7) is 2.73. The van der Waals surface area contributed by atoms with Crippen LogP contribution in [0.4, 0.5) is 0 Å². The third-order valence-electron chi connectivity index (χ3n) is 5.59. The number of rotatable bonds is 9. The Morgan fingerprint density at radius 2 is 1.70 bits per heavy atom. The van der Waals surface area contributed by atoms with E-state index in [1.54, 1.807) is 12.1 Å². The standard InChI is InChI=1S/C17H20N4O6.C5H10N2O3/c1-7-3-9-10(4-8(7)2)21(5-11(23)14(25)12(24)6-22)15-13(18-9)16(26)20-17(27)19-15;6-3(5(9)10)1-2-4(7)8/h3-4,11-12,14,22-25H,5-6H2,1-2H3,(H,20,26,27);3H,1-2,6H2,(H2,7,8)(H,9,10)/t11-,12+,14-;3-/m00/s1. The molecule has 0 aromatic heterocycles. The van der Waals surface area contributed by atoms with Crippen LogP contribution in [0, 0.1) is 13.8 Å². The van der Waals surface area contributed by atoms with E-state index in [2.05, 4.69) is 15.0 Å². The van der Waals surface area contributed by atoms with Gasteiger partial charge in [-0.2, -0.15) is 4.98 Å². The smallest absolute Gasteiger partial charge is 0.349 e. The molecule has 0 aliphatic carbocycles. The molecular weight excluding hydrogens is 492 g/mol. The average Bonchev–Trinajstić information content (AvgIpc) is 2.83. The van der Waals surface area contributed by atoms with Crippen LogP contribution in [0.3, 0.4) is 0 Å². The van der Waals surface area contributed by atoms with E-state index in [0.29, 0.717) is 11.0 Å². The summed E-state index contributed by atoms with van der Waals surface area (Å²) in [6, 6.07) is 2.55. The first-order valence-electron chi connectivity index (χ1n) is 11.1.